The van der Waals surface area contributed by atoms with E-state index >= 15 is 0 Å². The first kappa shape index (κ1) is 30.0. The second kappa shape index (κ2) is 10.5. The smallest absolute Gasteiger partial charge is 0.481 e. The SMILES string of the molecule is C[C@H]1CN(C[C@@](Cc2ccccc2)(C(=O)O)C(C)(C)C)CC[C@@]1(C)c1cccc(OS(=O)(=O)C(F)(F)F)c1. The number of nitrogens with zero attached hydrogens (tertiary/aromatic N) is 1. The van der Waals surface area contributed by atoms with Gasteiger partial charge in [-0.1, -0.05) is 77.1 Å². The van der Waals surface area contributed by atoms with Crippen LogP contribution < -0.4 is 4.18 Å². The molecule has 210 valence electrons. The minimum Gasteiger partial charge on any atom is -0.481 e. The van der Waals surface area contributed by atoms with Crippen LogP contribution in [0.2, 0.25) is 0 Å². The van der Waals surface area contributed by atoms with E-state index in [4.69, 9.17) is 0 Å². The Morgan fingerprint density at radius 2 is 1.74 bits per heavy atom. The minimum absolute atomic E-state index is 0.00564. The van der Waals surface area contributed by atoms with Crippen LogP contribution in [-0.4, -0.2) is 49.5 Å². The van der Waals surface area contributed by atoms with Gasteiger partial charge < -0.3 is 14.2 Å². The highest BCUT2D eigenvalue weighted by Crippen LogP contribution is 2.46. The number of halogens is 3. The monoisotopic (exact) mass is 555 g/mol. The highest BCUT2D eigenvalue weighted by molar-refractivity contribution is 7.88. The number of alkyl halides is 3. The van der Waals surface area contributed by atoms with Crippen LogP contribution in [-0.2, 0) is 26.7 Å². The van der Waals surface area contributed by atoms with Crippen LogP contribution in [0.3, 0.4) is 0 Å². The predicted octanol–water partition coefficient (Wildman–Crippen LogP) is 5.87. The van der Waals surface area contributed by atoms with E-state index in [0.717, 1.165) is 5.56 Å². The first-order valence-corrected chi connectivity index (χ1v) is 13.9. The van der Waals surface area contributed by atoms with Crippen LogP contribution in [0.1, 0.15) is 52.2 Å². The second-order valence-corrected chi connectivity index (χ2v) is 13.2. The Kier molecular flexibility index (Phi) is 8.30. The largest absolute Gasteiger partial charge is 0.534 e. The summed E-state index contributed by atoms with van der Waals surface area (Å²) < 4.78 is 65.8. The highest BCUT2D eigenvalue weighted by Gasteiger charge is 2.51. The summed E-state index contributed by atoms with van der Waals surface area (Å²) in [5.74, 6) is -1.25. The lowest BCUT2D eigenvalue weighted by molar-refractivity contribution is -0.159. The van der Waals surface area contributed by atoms with Gasteiger partial charge in [0.1, 0.15) is 5.75 Å². The molecule has 0 aromatic heterocycles. The molecule has 10 heteroatoms. The molecule has 0 radical (unpaired) electrons. The summed E-state index contributed by atoms with van der Waals surface area (Å²) >= 11 is 0. The Morgan fingerprint density at radius 1 is 1.11 bits per heavy atom. The van der Waals surface area contributed by atoms with Gasteiger partial charge in [-0.15, -0.1) is 0 Å². The number of piperidine rings is 1. The number of carboxylic acid groups (broad SMARTS) is 1. The molecule has 0 bridgehead atoms. The molecule has 6 nitrogen and oxygen atoms in total. The van der Waals surface area contributed by atoms with E-state index in [0.29, 0.717) is 38.0 Å². The molecule has 0 saturated carbocycles. The molecule has 1 N–H and O–H groups in total. The summed E-state index contributed by atoms with van der Waals surface area (Å²) in [7, 11) is -5.77. The van der Waals surface area contributed by atoms with Crippen molar-refractivity contribution >= 4 is 16.1 Å². The van der Waals surface area contributed by atoms with E-state index in [2.05, 4.69) is 9.08 Å². The Balaban J connectivity index is 1.84. The van der Waals surface area contributed by atoms with Crippen molar-refractivity contribution in [2.24, 2.45) is 16.7 Å². The molecule has 0 aliphatic carbocycles. The molecule has 2 aromatic rings. The Bertz CT molecular complexity index is 1240. The van der Waals surface area contributed by atoms with E-state index in [1.165, 1.54) is 18.2 Å². The average molecular weight is 556 g/mol. The lowest BCUT2D eigenvalue weighted by atomic mass is 9.62. The summed E-state index contributed by atoms with van der Waals surface area (Å²) in [6.07, 6.45) is 0.983. The maximum absolute atomic E-state index is 12.8. The zero-order valence-electron chi connectivity index (χ0n) is 22.4. The van der Waals surface area contributed by atoms with Crippen molar-refractivity contribution in [1.82, 2.24) is 4.90 Å². The topological polar surface area (TPSA) is 83.9 Å². The first-order valence-electron chi connectivity index (χ1n) is 12.5. The second-order valence-electron chi connectivity index (χ2n) is 11.6. The van der Waals surface area contributed by atoms with E-state index in [-0.39, 0.29) is 5.92 Å². The predicted molar refractivity (Wildman–Crippen MR) is 139 cm³/mol. The minimum atomic E-state index is -5.77. The number of aliphatic carboxylic acids is 1. The first-order chi connectivity index (χ1) is 17.4. The zero-order chi connectivity index (χ0) is 28.6. The molecular formula is C28H36F3NO5S. The van der Waals surface area contributed by atoms with Crippen molar-refractivity contribution in [3.63, 3.8) is 0 Å². The quantitative estimate of drug-likeness (QED) is 0.324. The van der Waals surface area contributed by atoms with Crippen molar-refractivity contribution in [3.8, 4) is 5.75 Å². The number of benzene rings is 2. The molecule has 0 unspecified atom stereocenters. The van der Waals surface area contributed by atoms with Crippen LogP contribution in [0.4, 0.5) is 13.2 Å². The highest BCUT2D eigenvalue weighted by atomic mass is 32.2. The molecule has 0 amide bonds. The Hall–Kier alpha value is -2.59. The van der Waals surface area contributed by atoms with E-state index in [1.807, 2.05) is 65.0 Å². The third kappa shape index (κ3) is 6.01. The van der Waals surface area contributed by atoms with Crippen molar-refractivity contribution in [3.05, 3.63) is 65.7 Å². The molecule has 1 fully saturated rings. The summed E-state index contributed by atoms with van der Waals surface area (Å²) in [4.78, 5) is 15.0. The van der Waals surface area contributed by atoms with Gasteiger partial charge in [-0.25, -0.2) is 0 Å². The summed E-state index contributed by atoms with van der Waals surface area (Å²) in [5, 5.41) is 10.5. The van der Waals surface area contributed by atoms with Gasteiger partial charge in [0.25, 0.3) is 0 Å². The van der Waals surface area contributed by atoms with Crippen LogP contribution in [0.5, 0.6) is 5.75 Å². The van der Waals surface area contributed by atoms with Crippen molar-refractivity contribution < 1.29 is 35.7 Å². The summed E-state index contributed by atoms with van der Waals surface area (Å²) in [5.41, 5.74) is -5.98. The molecule has 1 saturated heterocycles. The third-order valence-electron chi connectivity index (χ3n) is 8.24. The van der Waals surface area contributed by atoms with Gasteiger partial charge in [-0.05, 0) is 59.4 Å². The fraction of sp³-hybridized carbons (Fsp3) is 0.536. The van der Waals surface area contributed by atoms with Crippen LogP contribution in [0.15, 0.2) is 54.6 Å². The normalized spacial score (nSPS) is 23.0. The number of hydrogen-bond donors (Lipinski definition) is 1. The number of hydrogen-bond acceptors (Lipinski definition) is 5. The maximum atomic E-state index is 12.8. The number of carboxylic acids is 1. The molecule has 1 aliphatic rings. The van der Waals surface area contributed by atoms with Crippen LogP contribution >= 0.6 is 0 Å². The molecule has 1 aliphatic heterocycles. The molecule has 2 aromatic carbocycles. The fourth-order valence-corrected chi connectivity index (χ4v) is 5.77. The molecule has 3 rings (SSSR count). The van der Waals surface area contributed by atoms with Gasteiger partial charge in [0, 0.05) is 13.1 Å². The molecule has 3 atom stereocenters. The Labute approximate surface area is 222 Å². The average Bonchev–Trinajstić information content (AvgIpc) is 2.80. The molecule has 1 heterocycles. The van der Waals surface area contributed by atoms with E-state index in [9.17, 15) is 31.5 Å². The van der Waals surface area contributed by atoms with Gasteiger partial charge in [-0.3, -0.25) is 4.79 Å². The van der Waals surface area contributed by atoms with Crippen molar-refractivity contribution in [2.45, 2.75) is 58.4 Å². The van der Waals surface area contributed by atoms with Gasteiger partial charge in [0.05, 0.1) is 5.41 Å². The van der Waals surface area contributed by atoms with Gasteiger partial charge in [-0.2, -0.15) is 21.6 Å². The van der Waals surface area contributed by atoms with Crippen LogP contribution in [0, 0.1) is 16.7 Å². The van der Waals surface area contributed by atoms with Gasteiger partial charge in [0.2, 0.25) is 0 Å². The van der Waals surface area contributed by atoms with E-state index < -0.39 is 43.6 Å². The molecule has 0 spiro atoms. The van der Waals surface area contributed by atoms with E-state index in [1.54, 1.807) is 6.07 Å². The number of carbonyl (C=O) groups is 1. The number of rotatable bonds is 8. The summed E-state index contributed by atoms with van der Waals surface area (Å²) in [6.45, 7) is 11.3. The molecular weight excluding hydrogens is 519 g/mol. The Morgan fingerprint density at radius 3 is 2.26 bits per heavy atom. The molecule has 38 heavy (non-hydrogen) atoms. The number of likely N-dealkylation sites (tertiary alicyclic amines) is 1. The maximum Gasteiger partial charge on any atom is 0.534 e. The van der Waals surface area contributed by atoms with Crippen molar-refractivity contribution in [2.75, 3.05) is 19.6 Å². The summed E-state index contributed by atoms with van der Waals surface area (Å²) in [6, 6.07) is 15.3. The zero-order valence-corrected chi connectivity index (χ0v) is 23.2. The van der Waals surface area contributed by atoms with Gasteiger partial charge in [0.15, 0.2) is 0 Å². The van der Waals surface area contributed by atoms with Crippen molar-refractivity contribution in [1.29, 1.82) is 0 Å². The van der Waals surface area contributed by atoms with Crippen LogP contribution in [0.25, 0.3) is 0 Å². The third-order valence-corrected chi connectivity index (χ3v) is 9.22. The lowest BCUT2D eigenvalue weighted by Gasteiger charge is -2.50. The fourth-order valence-electron chi connectivity index (χ4n) is 5.31. The van der Waals surface area contributed by atoms with Gasteiger partial charge >= 0.3 is 21.6 Å². The standard InChI is InChI=1S/C28H36F3NO5S/c1-20-18-32(19-27(24(33)34,25(2,3)4)17-21-10-7-6-8-11-21)15-14-26(20,5)22-12-9-13-23(16-22)37-38(35,36)28(29,30)31/h6-13,16,20H,14-15,17-19H2,1-5H3,(H,33,34)/t20-,26+,27-/m0/s1. The lowest BCUT2D eigenvalue weighted by Crippen LogP contribution is -2.56.